The Morgan fingerprint density at radius 3 is 1.25 bits per heavy atom. The maximum absolute atomic E-state index is 3.96. The first kappa shape index (κ1) is 8.83. The molecule has 0 aliphatic rings. The molecular formula is CH2S2Se. The zero-order valence-electron chi connectivity index (χ0n) is 1.82. The maximum atomic E-state index is 3.96. The Morgan fingerprint density at radius 2 is 1.25 bits per heavy atom. The third-order valence-electron chi connectivity index (χ3n) is 0. The molecule has 24 valence electrons. The molecule has 0 radical (unpaired) electrons. The van der Waals surface area contributed by atoms with Crippen molar-refractivity contribution in [1.29, 1.82) is 0 Å². The minimum absolute atomic E-state index is 0. The van der Waals surface area contributed by atoms with Crippen molar-refractivity contribution >= 4 is 45.8 Å². The predicted octanol–water partition coefficient (Wildman–Crippen LogP) is 0.102. The number of thiocarbonyl (C=S) groups is 2. The van der Waals surface area contributed by atoms with Crippen LogP contribution in [0.1, 0.15) is 0 Å². The van der Waals surface area contributed by atoms with Crippen molar-refractivity contribution < 1.29 is 0 Å². The van der Waals surface area contributed by atoms with Gasteiger partial charge in [0.2, 0.25) is 0 Å². The van der Waals surface area contributed by atoms with Gasteiger partial charge in [-0.3, -0.25) is 0 Å². The molecule has 0 aliphatic carbocycles. The van der Waals surface area contributed by atoms with Gasteiger partial charge in [-0.15, -0.1) is 0 Å². The van der Waals surface area contributed by atoms with E-state index in [-0.39, 0.29) is 17.1 Å². The summed E-state index contributed by atoms with van der Waals surface area (Å²) in [6.45, 7) is 0. The molecule has 0 aromatic heterocycles. The van der Waals surface area contributed by atoms with Crippen molar-refractivity contribution in [2.24, 2.45) is 0 Å². The van der Waals surface area contributed by atoms with Gasteiger partial charge in [0.25, 0.3) is 0 Å². The van der Waals surface area contributed by atoms with Gasteiger partial charge < -0.3 is 0 Å². The molecule has 0 N–H and O–H groups in total. The van der Waals surface area contributed by atoms with Gasteiger partial charge in [0.1, 0.15) is 0 Å². The molecule has 3 heteroatoms. The van der Waals surface area contributed by atoms with Crippen LogP contribution in [0.5, 0.6) is 0 Å². The van der Waals surface area contributed by atoms with Crippen LogP contribution in [0.15, 0.2) is 0 Å². The van der Waals surface area contributed by atoms with Crippen molar-refractivity contribution in [3.63, 3.8) is 0 Å². The molecule has 0 bridgehead atoms. The van der Waals surface area contributed by atoms with Crippen LogP contribution in [-0.2, 0) is 0 Å². The molecule has 0 aromatic carbocycles. The molecule has 0 rings (SSSR count). The quantitative estimate of drug-likeness (QED) is 0.361. The van der Waals surface area contributed by atoms with E-state index in [0.29, 0.717) is 0 Å². The van der Waals surface area contributed by atoms with Crippen molar-refractivity contribution in [3.8, 4) is 0 Å². The number of hydrogen-bond donors (Lipinski definition) is 0. The van der Waals surface area contributed by atoms with Crippen LogP contribution in [0.25, 0.3) is 0 Å². The first-order valence-corrected chi connectivity index (χ1v) is 1.22. The normalized spacial score (nSPS) is 2.00. The second kappa shape index (κ2) is 9.27. The molecule has 0 heterocycles. The predicted molar refractivity (Wildman–Crippen MR) is 28.7 cm³/mol. The summed E-state index contributed by atoms with van der Waals surface area (Å²) < 4.78 is 1.92. The Bertz CT molecular complexity index is 27.0. The molecule has 4 heavy (non-hydrogen) atoms. The fraction of sp³-hybridized carbons (Fsp3) is 0. The van der Waals surface area contributed by atoms with Crippen molar-refractivity contribution in [1.82, 2.24) is 0 Å². The van der Waals surface area contributed by atoms with E-state index >= 15 is 0 Å². The fourth-order valence-electron chi connectivity index (χ4n) is 0. The molecule has 0 aliphatic heterocycles. The molecule has 0 fully saturated rings. The van der Waals surface area contributed by atoms with Gasteiger partial charge in [-0.05, 0) is 24.4 Å². The third-order valence-corrected chi connectivity index (χ3v) is 0. The standard InChI is InChI=1S/CS2.H2Se/c2-1-3;/h;1H2. The fourth-order valence-corrected chi connectivity index (χ4v) is 0. The number of rotatable bonds is 0. The van der Waals surface area contributed by atoms with Gasteiger partial charge in [0, 0.05) is 4.31 Å². The van der Waals surface area contributed by atoms with Crippen LogP contribution in [0.2, 0.25) is 0 Å². The van der Waals surface area contributed by atoms with Crippen LogP contribution < -0.4 is 0 Å². The van der Waals surface area contributed by atoms with Gasteiger partial charge in [0.15, 0.2) is 0 Å². The van der Waals surface area contributed by atoms with E-state index in [9.17, 15) is 0 Å². The Morgan fingerprint density at radius 1 is 1.25 bits per heavy atom. The Balaban J connectivity index is 0. The summed E-state index contributed by atoms with van der Waals surface area (Å²) in [5, 5.41) is 0. The van der Waals surface area contributed by atoms with Crippen molar-refractivity contribution in [2.75, 3.05) is 0 Å². The number of hydrogen-bond acceptors (Lipinski definition) is 2. The molecule has 0 amide bonds. The van der Waals surface area contributed by atoms with E-state index in [1.165, 1.54) is 0 Å². The van der Waals surface area contributed by atoms with Crippen LogP contribution in [-0.4, -0.2) is 21.4 Å². The van der Waals surface area contributed by atoms with Gasteiger partial charge in [-0.25, -0.2) is 0 Å². The average molecular weight is 157 g/mol. The van der Waals surface area contributed by atoms with Crippen LogP contribution in [0.4, 0.5) is 0 Å². The third kappa shape index (κ3) is 15.2. The SMILES string of the molecule is S=C=S.[SeH2]. The summed E-state index contributed by atoms with van der Waals surface area (Å²) in [7, 11) is 0. The Hall–Kier alpha value is 0.739. The van der Waals surface area contributed by atoms with Crippen LogP contribution in [0, 0.1) is 0 Å². The second-order valence-corrected chi connectivity index (χ2v) is 0.750. The molecule has 0 aromatic rings. The molecule has 0 unspecified atom stereocenters. The Labute approximate surface area is 46.1 Å². The first-order valence-electron chi connectivity index (χ1n) is 0.408. The monoisotopic (exact) mass is 158 g/mol. The summed E-state index contributed by atoms with van der Waals surface area (Å²) in [5.41, 5.74) is 0. The minimum atomic E-state index is 0. The van der Waals surface area contributed by atoms with E-state index < -0.39 is 0 Å². The van der Waals surface area contributed by atoms with Gasteiger partial charge in [-0.1, -0.05) is 0 Å². The molecule has 0 spiro atoms. The summed E-state index contributed by atoms with van der Waals surface area (Å²) in [4.78, 5) is 0. The molecule has 0 atom stereocenters. The molecular weight excluding hydrogens is 155 g/mol. The second-order valence-electron chi connectivity index (χ2n) is 0.0833. The van der Waals surface area contributed by atoms with E-state index in [1.54, 1.807) is 0 Å². The van der Waals surface area contributed by atoms with Gasteiger partial charge in [-0.2, -0.15) is 0 Å². The van der Waals surface area contributed by atoms with E-state index in [0.717, 1.165) is 0 Å². The van der Waals surface area contributed by atoms with Crippen molar-refractivity contribution in [2.45, 2.75) is 0 Å². The zero-order valence-corrected chi connectivity index (χ0v) is 5.55. The topological polar surface area (TPSA) is 0 Å². The van der Waals surface area contributed by atoms with Gasteiger partial charge >= 0.3 is 17.1 Å². The van der Waals surface area contributed by atoms with Crippen LogP contribution in [0.3, 0.4) is 0 Å². The summed E-state index contributed by atoms with van der Waals surface area (Å²) in [5.74, 6) is 0. The van der Waals surface area contributed by atoms with E-state index in [4.69, 9.17) is 0 Å². The summed E-state index contributed by atoms with van der Waals surface area (Å²) in [6.07, 6.45) is 0. The van der Waals surface area contributed by atoms with E-state index in [2.05, 4.69) is 24.4 Å². The van der Waals surface area contributed by atoms with Crippen LogP contribution >= 0.6 is 24.4 Å². The first-order chi connectivity index (χ1) is 1.41. The molecule has 0 saturated heterocycles. The molecule has 0 nitrogen and oxygen atoms in total. The molecule has 0 saturated carbocycles. The summed E-state index contributed by atoms with van der Waals surface area (Å²) >= 11 is 7.92. The zero-order chi connectivity index (χ0) is 2.71. The van der Waals surface area contributed by atoms with E-state index in [1.807, 2.05) is 4.31 Å². The van der Waals surface area contributed by atoms with Gasteiger partial charge in [0.05, 0.1) is 0 Å². The average Bonchev–Trinajstić information content (AvgIpc) is 0.918. The van der Waals surface area contributed by atoms with Crippen molar-refractivity contribution in [3.05, 3.63) is 0 Å². The Kier molecular flexibility index (Phi) is 20.5. The summed E-state index contributed by atoms with van der Waals surface area (Å²) in [6, 6.07) is 0.